The average Bonchev–Trinajstić information content (AvgIpc) is 1.86. The van der Waals surface area contributed by atoms with Gasteiger partial charge in [0.2, 0.25) is 0 Å². The van der Waals surface area contributed by atoms with Crippen molar-refractivity contribution in [1.29, 1.82) is 0 Å². The monoisotopic (exact) mass is 169 g/mol. The number of morpholine rings is 1. The number of halogens is 3. The van der Waals surface area contributed by atoms with Gasteiger partial charge in [0, 0.05) is 0 Å². The van der Waals surface area contributed by atoms with Gasteiger partial charge in [0.1, 0.15) is 6.61 Å². The van der Waals surface area contributed by atoms with Crippen LogP contribution in [0.15, 0.2) is 0 Å². The number of ether oxygens (including phenoxy) is 1. The van der Waals surface area contributed by atoms with E-state index in [9.17, 15) is 13.2 Å². The van der Waals surface area contributed by atoms with Gasteiger partial charge in [-0.3, -0.25) is 0 Å². The maximum Gasteiger partial charge on any atom is 0.441 e. The van der Waals surface area contributed by atoms with Crippen LogP contribution < -0.4 is 4.90 Å². The van der Waals surface area contributed by atoms with Crippen LogP contribution in [0.1, 0.15) is 0 Å². The van der Waals surface area contributed by atoms with Crippen molar-refractivity contribution in [3.8, 4) is 0 Å². The molecule has 0 aromatic rings. The van der Waals surface area contributed by atoms with Crippen LogP contribution in [0.3, 0.4) is 0 Å². The molecule has 0 bridgehead atoms. The summed E-state index contributed by atoms with van der Waals surface area (Å²) in [6.45, 7) is 0.428. The predicted molar refractivity (Wildman–Crippen MR) is 31.8 cm³/mol. The Kier molecular flexibility index (Phi) is 2.39. The molecule has 0 aliphatic carbocycles. The first-order chi connectivity index (χ1) is 5.02. The molecule has 5 heteroatoms. The zero-order valence-electron chi connectivity index (χ0n) is 5.95. The molecule has 1 aliphatic rings. The third-order valence-electron chi connectivity index (χ3n) is 1.74. The maximum atomic E-state index is 12.1. The molecule has 66 valence electrons. The van der Waals surface area contributed by atoms with Gasteiger partial charge in [0.05, 0.1) is 13.2 Å². The number of nitrogens with one attached hydrogen (secondary N) is 1. The topological polar surface area (TPSA) is 13.7 Å². The average molecular weight is 169 g/mol. The highest BCUT2D eigenvalue weighted by Gasteiger charge is 2.45. The van der Waals surface area contributed by atoms with E-state index in [1.54, 1.807) is 0 Å². The van der Waals surface area contributed by atoms with Crippen molar-refractivity contribution in [3.63, 3.8) is 0 Å². The van der Waals surface area contributed by atoms with Crippen molar-refractivity contribution in [2.45, 2.75) is 12.2 Å². The molecule has 1 saturated heterocycles. The van der Waals surface area contributed by atoms with Crippen LogP contribution in [0.2, 0.25) is 0 Å². The summed E-state index contributed by atoms with van der Waals surface area (Å²) in [7, 11) is 3.36. The quantitative estimate of drug-likeness (QED) is 0.488. The second kappa shape index (κ2) is 2.98. The lowest BCUT2D eigenvalue weighted by Crippen LogP contribution is -3.15. The molecule has 11 heavy (non-hydrogen) atoms. The van der Waals surface area contributed by atoms with E-state index in [1.165, 1.54) is 0 Å². The van der Waals surface area contributed by atoms with Gasteiger partial charge in [-0.15, -0.1) is 0 Å². The van der Waals surface area contributed by atoms with Crippen LogP contribution in [-0.2, 0) is 4.74 Å². The van der Waals surface area contributed by atoms with Gasteiger partial charge < -0.3 is 9.64 Å². The molecule has 0 saturated carbocycles. The van der Waals surface area contributed by atoms with E-state index in [1.807, 2.05) is 0 Å². The largest absolute Gasteiger partial charge is 0.454 e. The summed E-state index contributed by atoms with van der Waals surface area (Å²) >= 11 is 0. The van der Waals surface area contributed by atoms with E-state index in [2.05, 4.69) is 7.05 Å². The third kappa shape index (κ3) is 2.07. The molecule has 1 aliphatic heterocycles. The van der Waals surface area contributed by atoms with Crippen LogP contribution >= 0.6 is 0 Å². The Balaban J connectivity index is 2.55. The summed E-state index contributed by atoms with van der Waals surface area (Å²) in [6.07, 6.45) is -4.18. The lowest BCUT2D eigenvalue weighted by Gasteiger charge is -2.35. The second-order valence-electron chi connectivity index (χ2n) is 2.58. The Morgan fingerprint density at radius 2 is 2.09 bits per heavy atom. The highest BCUT2D eigenvalue weighted by Crippen LogP contribution is 2.19. The van der Waals surface area contributed by atoms with Gasteiger partial charge >= 0.3 is 6.18 Å². The minimum absolute atomic E-state index is 0.240. The number of quaternary nitrogens is 1. The zero-order valence-corrected chi connectivity index (χ0v) is 5.95. The van der Waals surface area contributed by atoms with E-state index in [0.29, 0.717) is 13.2 Å². The second-order valence-corrected chi connectivity index (χ2v) is 2.58. The fourth-order valence-corrected chi connectivity index (χ4v) is 1.02. The normalized spacial score (nSPS) is 33.8. The molecule has 0 aromatic heterocycles. The van der Waals surface area contributed by atoms with Crippen molar-refractivity contribution < 1.29 is 22.8 Å². The molecule has 0 amide bonds. The summed E-state index contributed by atoms with van der Waals surface area (Å²) < 4.78 is 40.9. The summed E-state index contributed by atoms with van der Waals surface area (Å²) in [5.41, 5.74) is 0. The third-order valence-corrected chi connectivity index (χ3v) is 1.74. The summed E-state index contributed by atoms with van der Waals surface area (Å²) in [5, 5.41) is 0. The number of alkyl halides is 3. The Hall–Kier alpha value is -0.290. The van der Waals surface area contributed by atoms with Crippen LogP contribution in [-0.4, -0.2) is 32.0 Å². The summed E-state index contributed by atoms with van der Waals surface area (Å²) in [5.74, 6) is 0. The molecule has 0 aromatic carbocycles. The van der Waals surface area contributed by atoms with Crippen LogP contribution in [0.25, 0.3) is 0 Å². The number of rotatable bonds is 0. The molecule has 2 nitrogen and oxygen atoms in total. The van der Waals surface area contributed by atoms with Gasteiger partial charge in [0.25, 0.3) is 0 Å². The first kappa shape index (κ1) is 8.80. The van der Waals surface area contributed by atoms with Crippen molar-refractivity contribution in [3.05, 3.63) is 7.05 Å². The van der Waals surface area contributed by atoms with Crippen molar-refractivity contribution in [2.75, 3.05) is 19.8 Å². The Labute approximate surface area is 62.9 Å². The standard InChI is InChI=1S/C6H10F3NO/c1-10-2-3-11-4-5(10)6(7,8)9/h5,10H,1-4H2. The molecule has 2 unspecified atom stereocenters. The van der Waals surface area contributed by atoms with E-state index in [4.69, 9.17) is 4.74 Å². The molecular weight excluding hydrogens is 159 g/mol. The molecule has 1 rings (SSSR count). The smallest absolute Gasteiger partial charge is 0.441 e. The zero-order chi connectivity index (χ0) is 8.48. The summed E-state index contributed by atoms with van der Waals surface area (Å²) in [6, 6.07) is -1.45. The maximum absolute atomic E-state index is 12.1. The summed E-state index contributed by atoms with van der Waals surface area (Å²) in [4.78, 5) is 0.240. The fourth-order valence-electron chi connectivity index (χ4n) is 1.02. The fraction of sp³-hybridized carbons (Fsp3) is 0.833. The minimum atomic E-state index is -4.18. The van der Waals surface area contributed by atoms with Crippen molar-refractivity contribution in [1.82, 2.24) is 0 Å². The van der Waals surface area contributed by atoms with E-state index < -0.39 is 12.2 Å². The molecule has 0 spiro atoms. The van der Waals surface area contributed by atoms with Crippen LogP contribution in [0, 0.1) is 7.05 Å². The number of hydrogen-bond donors (Lipinski definition) is 1. The van der Waals surface area contributed by atoms with E-state index >= 15 is 0 Å². The molecule has 2 atom stereocenters. The van der Waals surface area contributed by atoms with Crippen LogP contribution in [0.4, 0.5) is 13.2 Å². The molecular formula is C6H10F3NO. The SMILES string of the molecule is [CH2-][NH+]1CCOCC1C(F)(F)F. The number of hydrogen-bond acceptors (Lipinski definition) is 1. The lowest BCUT2D eigenvalue weighted by molar-refractivity contribution is -0.903. The first-order valence-electron chi connectivity index (χ1n) is 3.34. The molecule has 1 heterocycles. The van der Waals surface area contributed by atoms with Gasteiger partial charge in [-0.2, -0.15) is 20.2 Å². The highest BCUT2D eigenvalue weighted by atomic mass is 19.4. The Bertz CT molecular complexity index is 136. The van der Waals surface area contributed by atoms with E-state index in [-0.39, 0.29) is 11.5 Å². The first-order valence-corrected chi connectivity index (χ1v) is 3.34. The van der Waals surface area contributed by atoms with Gasteiger partial charge in [-0.25, -0.2) is 0 Å². The molecule has 1 N–H and O–H groups in total. The Morgan fingerprint density at radius 3 is 2.45 bits per heavy atom. The lowest BCUT2D eigenvalue weighted by atomic mass is 10.2. The van der Waals surface area contributed by atoms with Gasteiger partial charge in [0.15, 0.2) is 6.04 Å². The predicted octanol–water partition coefficient (Wildman–Crippen LogP) is -0.376. The van der Waals surface area contributed by atoms with Gasteiger partial charge in [-0.05, 0) is 0 Å². The minimum Gasteiger partial charge on any atom is -0.454 e. The van der Waals surface area contributed by atoms with Gasteiger partial charge in [-0.1, -0.05) is 0 Å². The molecule has 1 fully saturated rings. The Morgan fingerprint density at radius 1 is 1.45 bits per heavy atom. The highest BCUT2D eigenvalue weighted by molar-refractivity contribution is 4.67. The van der Waals surface area contributed by atoms with Crippen molar-refractivity contribution in [2.24, 2.45) is 0 Å². The van der Waals surface area contributed by atoms with Crippen LogP contribution in [0.5, 0.6) is 0 Å². The van der Waals surface area contributed by atoms with Crippen molar-refractivity contribution >= 4 is 0 Å². The molecule has 0 radical (unpaired) electrons. The van der Waals surface area contributed by atoms with E-state index in [0.717, 1.165) is 0 Å².